The lowest BCUT2D eigenvalue weighted by atomic mass is 10.3. The second-order valence-corrected chi connectivity index (χ2v) is 2.53. The Hall–Kier alpha value is -1.46. The number of anilines is 1. The molecule has 0 aromatic heterocycles. The molecule has 0 aliphatic rings. The van der Waals surface area contributed by atoms with E-state index in [-0.39, 0.29) is 5.75 Å². The standard InChI is InChI=1S/C8H7F4NO/c9-7(10)8(11,12)14-6-3-1-5(13)2-4-6/h1-4,7H,13H2. The number of hydrogen-bond acceptors (Lipinski definition) is 2. The van der Waals surface area contributed by atoms with Crippen LogP contribution in [0, 0.1) is 0 Å². The largest absolute Gasteiger partial charge is 0.461 e. The molecule has 0 aliphatic carbocycles. The molecule has 1 aromatic carbocycles. The van der Waals surface area contributed by atoms with Crippen molar-refractivity contribution in [3.8, 4) is 5.75 Å². The minimum Gasteiger partial charge on any atom is -0.428 e. The zero-order valence-corrected chi connectivity index (χ0v) is 6.88. The van der Waals surface area contributed by atoms with Crippen molar-refractivity contribution in [3.63, 3.8) is 0 Å². The molecule has 0 heterocycles. The summed E-state index contributed by atoms with van der Waals surface area (Å²) in [6.07, 6.45) is -8.34. The Labute approximate surface area is 77.3 Å². The highest BCUT2D eigenvalue weighted by atomic mass is 19.3. The first-order valence-electron chi connectivity index (χ1n) is 3.62. The van der Waals surface area contributed by atoms with Crippen LogP contribution < -0.4 is 10.5 Å². The first kappa shape index (κ1) is 10.6. The number of ether oxygens (including phenoxy) is 1. The molecule has 1 aromatic rings. The van der Waals surface area contributed by atoms with E-state index in [2.05, 4.69) is 4.74 Å². The van der Waals surface area contributed by atoms with E-state index in [4.69, 9.17) is 5.73 Å². The predicted octanol–water partition coefficient (Wildman–Crippen LogP) is 2.51. The van der Waals surface area contributed by atoms with Crippen LogP contribution in [0.4, 0.5) is 23.2 Å². The average Bonchev–Trinajstić information content (AvgIpc) is 2.08. The van der Waals surface area contributed by atoms with Crippen LogP contribution >= 0.6 is 0 Å². The fraction of sp³-hybridized carbons (Fsp3) is 0.250. The Balaban J connectivity index is 2.74. The van der Waals surface area contributed by atoms with Crippen molar-refractivity contribution in [2.45, 2.75) is 12.5 Å². The topological polar surface area (TPSA) is 35.2 Å². The van der Waals surface area contributed by atoms with Crippen LogP contribution in [0.3, 0.4) is 0 Å². The highest BCUT2D eigenvalue weighted by Crippen LogP contribution is 2.27. The van der Waals surface area contributed by atoms with Crippen LogP contribution in [-0.4, -0.2) is 12.5 Å². The van der Waals surface area contributed by atoms with Crippen molar-refractivity contribution in [3.05, 3.63) is 24.3 Å². The number of hydrogen-bond donors (Lipinski definition) is 1. The highest BCUT2D eigenvalue weighted by molar-refractivity contribution is 5.41. The number of nitrogens with two attached hydrogens (primary N) is 1. The molecule has 0 saturated carbocycles. The summed E-state index contributed by atoms with van der Waals surface area (Å²) in [5, 5.41) is 0. The Bertz CT molecular complexity index is 299. The Morgan fingerprint density at radius 1 is 1.14 bits per heavy atom. The minimum absolute atomic E-state index is 0.331. The van der Waals surface area contributed by atoms with E-state index >= 15 is 0 Å². The van der Waals surface area contributed by atoms with E-state index in [0.29, 0.717) is 5.69 Å². The molecule has 2 nitrogen and oxygen atoms in total. The van der Waals surface area contributed by atoms with Crippen molar-refractivity contribution in [2.75, 3.05) is 5.73 Å². The average molecular weight is 209 g/mol. The maximum atomic E-state index is 12.3. The van der Waals surface area contributed by atoms with Gasteiger partial charge in [-0.3, -0.25) is 0 Å². The monoisotopic (exact) mass is 209 g/mol. The lowest BCUT2D eigenvalue weighted by molar-refractivity contribution is -0.253. The number of benzene rings is 1. The molecule has 0 radical (unpaired) electrons. The zero-order valence-electron chi connectivity index (χ0n) is 6.88. The third-order valence-electron chi connectivity index (χ3n) is 1.39. The second-order valence-electron chi connectivity index (χ2n) is 2.53. The molecule has 14 heavy (non-hydrogen) atoms. The van der Waals surface area contributed by atoms with Crippen LogP contribution in [0.5, 0.6) is 5.75 Å². The third-order valence-corrected chi connectivity index (χ3v) is 1.39. The van der Waals surface area contributed by atoms with Gasteiger partial charge in [0.15, 0.2) is 0 Å². The molecule has 2 N–H and O–H groups in total. The van der Waals surface area contributed by atoms with Gasteiger partial charge in [-0.15, -0.1) is 0 Å². The molecule has 0 atom stereocenters. The van der Waals surface area contributed by atoms with Crippen molar-refractivity contribution in [2.24, 2.45) is 0 Å². The summed E-state index contributed by atoms with van der Waals surface area (Å²) in [6, 6.07) is 4.73. The van der Waals surface area contributed by atoms with Crippen LogP contribution in [-0.2, 0) is 0 Å². The van der Waals surface area contributed by atoms with Crippen molar-refractivity contribution in [1.82, 2.24) is 0 Å². The predicted molar refractivity (Wildman–Crippen MR) is 42.4 cm³/mol. The summed E-state index contributed by atoms with van der Waals surface area (Å²) in [6.45, 7) is 0. The molecule has 6 heteroatoms. The number of nitrogen functional groups attached to an aromatic ring is 1. The van der Waals surface area contributed by atoms with Gasteiger partial charge in [0.25, 0.3) is 0 Å². The van der Waals surface area contributed by atoms with Gasteiger partial charge in [0.05, 0.1) is 0 Å². The Kier molecular flexibility index (Phi) is 2.83. The minimum atomic E-state index is -4.48. The van der Waals surface area contributed by atoms with Crippen LogP contribution in [0.2, 0.25) is 0 Å². The molecular weight excluding hydrogens is 202 g/mol. The van der Waals surface area contributed by atoms with Gasteiger partial charge in [-0.2, -0.15) is 17.6 Å². The summed E-state index contributed by atoms with van der Waals surface area (Å²) in [5.74, 6) is -0.357. The molecule has 0 fully saturated rings. The lowest BCUT2D eigenvalue weighted by Crippen LogP contribution is -2.33. The number of rotatable bonds is 3. The molecule has 0 saturated heterocycles. The first-order chi connectivity index (χ1) is 6.42. The third kappa shape index (κ3) is 2.51. The van der Waals surface area contributed by atoms with Crippen molar-refractivity contribution < 1.29 is 22.3 Å². The Morgan fingerprint density at radius 3 is 2.07 bits per heavy atom. The highest BCUT2D eigenvalue weighted by Gasteiger charge is 2.43. The number of halogens is 4. The Morgan fingerprint density at radius 2 is 1.64 bits per heavy atom. The van der Waals surface area contributed by atoms with E-state index in [1.54, 1.807) is 0 Å². The van der Waals surface area contributed by atoms with Crippen LogP contribution in [0.25, 0.3) is 0 Å². The molecular formula is C8H7F4NO. The summed E-state index contributed by atoms with van der Waals surface area (Å²) in [4.78, 5) is 0. The first-order valence-corrected chi connectivity index (χ1v) is 3.62. The number of alkyl halides is 4. The maximum absolute atomic E-state index is 12.3. The van der Waals surface area contributed by atoms with Crippen LogP contribution in [0.15, 0.2) is 24.3 Å². The van der Waals surface area contributed by atoms with Gasteiger partial charge in [-0.05, 0) is 24.3 Å². The molecule has 0 bridgehead atoms. The van der Waals surface area contributed by atoms with E-state index < -0.39 is 12.5 Å². The van der Waals surface area contributed by atoms with E-state index in [1.807, 2.05) is 0 Å². The SMILES string of the molecule is Nc1ccc(OC(F)(F)C(F)F)cc1. The summed E-state index contributed by atoms with van der Waals surface area (Å²) >= 11 is 0. The van der Waals surface area contributed by atoms with E-state index in [1.165, 1.54) is 12.1 Å². The summed E-state index contributed by atoms with van der Waals surface area (Å²) in [5.41, 5.74) is 5.59. The van der Waals surface area contributed by atoms with Gasteiger partial charge >= 0.3 is 12.5 Å². The van der Waals surface area contributed by atoms with Gasteiger partial charge in [-0.1, -0.05) is 0 Å². The maximum Gasteiger partial charge on any atom is 0.461 e. The second kappa shape index (κ2) is 3.73. The summed E-state index contributed by atoms with van der Waals surface area (Å²) < 4.78 is 51.8. The molecule has 0 spiro atoms. The molecule has 0 unspecified atom stereocenters. The molecule has 0 amide bonds. The van der Waals surface area contributed by atoms with Crippen LogP contribution in [0.1, 0.15) is 0 Å². The van der Waals surface area contributed by atoms with Gasteiger partial charge in [0, 0.05) is 5.69 Å². The van der Waals surface area contributed by atoms with Crippen molar-refractivity contribution in [1.29, 1.82) is 0 Å². The van der Waals surface area contributed by atoms with E-state index in [9.17, 15) is 17.6 Å². The smallest absolute Gasteiger partial charge is 0.428 e. The van der Waals surface area contributed by atoms with Gasteiger partial charge in [-0.25, -0.2) is 0 Å². The van der Waals surface area contributed by atoms with E-state index in [0.717, 1.165) is 12.1 Å². The quantitative estimate of drug-likeness (QED) is 0.613. The fourth-order valence-corrected chi connectivity index (χ4v) is 0.738. The molecule has 1 rings (SSSR count). The normalized spacial score (nSPS) is 11.8. The van der Waals surface area contributed by atoms with Gasteiger partial charge in [0.1, 0.15) is 5.75 Å². The zero-order chi connectivity index (χ0) is 10.8. The van der Waals surface area contributed by atoms with Gasteiger partial charge < -0.3 is 10.5 Å². The van der Waals surface area contributed by atoms with Crippen molar-refractivity contribution >= 4 is 5.69 Å². The lowest BCUT2D eigenvalue weighted by Gasteiger charge is -2.16. The molecule has 78 valence electrons. The van der Waals surface area contributed by atoms with Gasteiger partial charge in [0.2, 0.25) is 0 Å². The fourth-order valence-electron chi connectivity index (χ4n) is 0.738. The summed E-state index contributed by atoms with van der Waals surface area (Å²) in [7, 11) is 0. The molecule has 0 aliphatic heterocycles.